The van der Waals surface area contributed by atoms with Crippen molar-refractivity contribution in [3.63, 3.8) is 0 Å². The maximum atomic E-state index is 10.5. The molecule has 0 amide bonds. The molecule has 1 heterocycles. The van der Waals surface area contributed by atoms with Gasteiger partial charge in [0.2, 0.25) is 0 Å². The molecule has 1 aromatic rings. The van der Waals surface area contributed by atoms with Gasteiger partial charge >= 0.3 is 0 Å². The van der Waals surface area contributed by atoms with Crippen LogP contribution in [0.2, 0.25) is 0 Å². The molecule has 1 aromatic carbocycles. The molecular formula is C15H22I2N2O. The lowest BCUT2D eigenvalue weighted by Gasteiger charge is -2.36. The summed E-state index contributed by atoms with van der Waals surface area (Å²) < 4.78 is 2.15. The zero-order chi connectivity index (χ0) is 14.7. The van der Waals surface area contributed by atoms with Gasteiger partial charge in [-0.05, 0) is 69.7 Å². The van der Waals surface area contributed by atoms with Gasteiger partial charge in [-0.2, -0.15) is 0 Å². The first kappa shape index (κ1) is 16.8. The van der Waals surface area contributed by atoms with E-state index in [-0.39, 0.29) is 0 Å². The van der Waals surface area contributed by atoms with Crippen molar-refractivity contribution >= 4 is 45.2 Å². The summed E-state index contributed by atoms with van der Waals surface area (Å²) in [4.78, 5) is 2.51. The van der Waals surface area contributed by atoms with Crippen LogP contribution < -0.4 is 5.32 Å². The van der Waals surface area contributed by atoms with Crippen molar-refractivity contribution in [1.29, 1.82) is 0 Å². The van der Waals surface area contributed by atoms with Crippen LogP contribution in [0.5, 0.6) is 5.75 Å². The molecule has 5 heteroatoms. The number of hydrogen-bond acceptors (Lipinski definition) is 3. The number of nitrogens with zero attached hydrogens (tertiary/aromatic N) is 1. The second-order valence-corrected chi connectivity index (χ2v) is 8.16. The van der Waals surface area contributed by atoms with Gasteiger partial charge in [-0.15, -0.1) is 0 Å². The van der Waals surface area contributed by atoms with Gasteiger partial charge in [-0.25, -0.2) is 0 Å². The van der Waals surface area contributed by atoms with E-state index in [0.717, 1.165) is 41.7 Å². The predicted molar refractivity (Wildman–Crippen MR) is 100 cm³/mol. The maximum absolute atomic E-state index is 10.5. The van der Waals surface area contributed by atoms with Crippen LogP contribution in [0.15, 0.2) is 12.1 Å². The molecule has 3 nitrogen and oxygen atoms in total. The minimum absolute atomic E-state index is 0.320. The first-order valence-corrected chi connectivity index (χ1v) is 9.27. The number of nitrogens with one attached hydrogen (secondary N) is 1. The number of rotatable bonds is 4. The lowest BCUT2D eigenvalue weighted by Crippen LogP contribution is -2.45. The Morgan fingerprint density at radius 2 is 1.90 bits per heavy atom. The Morgan fingerprint density at radius 3 is 2.50 bits per heavy atom. The van der Waals surface area contributed by atoms with Gasteiger partial charge in [0.1, 0.15) is 5.75 Å². The summed E-state index contributed by atoms with van der Waals surface area (Å²) in [6.07, 6.45) is 1.09. The third-order valence-corrected chi connectivity index (χ3v) is 5.15. The van der Waals surface area contributed by atoms with E-state index in [0.29, 0.717) is 17.7 Å². The molecule has 112 valence electrons. The molecule has 1 atom stereocenters. The Hall–Kier alpha value is 0.400. The minimum atomic E-state index is 0.320. The largest absolute Gasteiger partial charge is 0.506 e. The quantitative estimate of drug-likeness (QED) is 0.621. The number of phenolic OH excluding ortho intramolecular Hbond substituents is 1. The fourth-order valence-corrected chi connectivity index (χ4v) is 4.64. The van der Waals surface area contributed by atoms with Crippen LogP contribution in [-0.2, 0) is 0 Å². The van der Waals surface area contributed by atoms with Crippen LogP contribution in [0.4, 0.5) is 0 Å². The molecule has 1 fully saturated rings. The summed E-state index contributed by atoms with van der Waals surface area (Å²) in [5.41, 5.74) is 1.09. The van der Waals surface area contributed by atoms with Crippen molar-refractivity contribution in [2.75, 3.05) is 26.2 Å². The number of aromatic hydroxyl groups is 1. The third kappa shape index (κ3) is 4.20. The van der Waals surface area contributed by atoms with Crippen molar-refractivity contribution in [2.45, 2.75) is 26.3 Å². The summed E-state index contributed by atoms with van der Waals surface area (Å²) in [5, 5.41) is 13.9. The van der Waals surface area contributed by atoms with E-state index in [2.05, 4.69) is 75.3 Å². The molecule has 1 saturated heterocycles. The zero-order valence-corrected chi connectivity index (χ0v) is 16.3. The molecule has 0 spiro atoms. The van der Waals surface area contributed by atoms with Crippen LogP contribution in [0.3, 0.4) is 0 Å². The highest BCUT2D eigenvalue weighted by molar-refractivity contribution is 14.1. The standard InChI is InChI=1S/C15H22I2N2O/c1-10(2)7-14(19-5-3-18-4-6-19)12-8-11(16)9-13(17)15(12)20/h8-10,14,18,20H,3-7H2,1-2H3/t14-/m1/s1. The zero-order valence-electron chi connectivity index (χ0n) is 12.0. The van der Waals surface area contributed by atoms with Crippen molar-refractivity contribution in [3.05, 3.63) is 24.8 Å². The Labute approximate surface area is 148 Å². The van der Waals surface area contributed by atoms with Crippen molar-refractivity contribution in [1.82, 2.24) is 10.2 Å². The topological polar surface area (TPSA) is 35.5 Å². The van der Waals surface area contributed by atoms with E-state index in [1.165, 1.54) is 3.57 Å². The molecule has 1 aliphatic rings. The van der Waals surface area contributed by atoms with Crippen LogP contribution >= 0.6 is 45.2 Å². The average molecular weight is 500 g/mol. The third-order valence-electron chi connectivity index (χ3n) is 3.70. The molecule has 0 saturated carbocycles. The first-order chi connectivity index (χ1) is 9.49. The number of benzene rings is 1. The highest BCUT2D eigenvalue weighted by atomic mass is 127. The lowest BCUT2D eigenvalue weighted by atomic mass is 9.94. The second-order valence-electron chi connectivity index (χ2n) is 5.76. The van der Waals surface area contributed by atoms with Crippen LogP contribution in [0.1, 0.15) is 31.9 Å². The fourth-order valence-electron chi connectivity index (χ4n) is 2.75. The number of phenols is 1. The van der Waals surface area contributed by atoms with Crippen LogP contribution in [0.25, 0.3) is 0 Å². The molecule has 2 rings (SSSR count). The van der Waals surface area contributed by atoms with Gasteiger partial charge in [0.25, 0.3) is 0 Å². The van der Waals surface area contributed by atoms with Gasteiger partial charge in [-0.1, -0.05) is 13.8 Å². The van der Waals surface area contributed by atoms with Crippen LogP contribution in [0, 0.1) is 13.1 Å². The Kier molecular flexibility index (Phi) is 6.37. The minimum Gasteiger partial charge on any atom is -0.506 e. The maximum Gasteiger partial charge on any atom is 0.133 e. The van der Waals surface area contributed by atoms with E-state index in [1.54, 1.807) is 0 Å². The van der Waals surface area contributed by atoms with Crippen molar-refractivity contribution < 1.29 is 5.11 Å². The molecule has 0 aliphatic carbocycles. The average Bonchev–Trinajstić information content (AvgIpc) is 2.41. The van der Waals surface area contributed by atoms with Gasteiger partial charge in [0.15, 0.2) is 0 Å². The van der Waals surface area contributed by atoms with Crippen molar-refractivity contribution in [3.8, 4) is 5.75 Å². The number of halogens is 2. The summed E-state index contributed by atoms with van der Waals surface area (Å²) >= 11 is 4.57. The SMILES string of the molecule is CC(C)C[C@H](c1cc(I)cc(I)c1O)N1CCNCC1. The van der Waals surface area contributed by atoms with Crippen molar-refractivity contribution in [2.24, 2.45) is 5.92 Å². The Morgan fingerprint density at radius 1 is 1.25 bits per heavy atom. The predicted octanol–water partition coefficient (Wildman–Crippen LogP) is 3.59. The Balaban J connectivity index is 2.34. The highest BCUT2D eigenvalue weighted by Crippen LogP contribution is 2.37. The highest BCUT2D eigenvalue weighted by Gasteiger charge is 2.26. The lowest BCUT2D eigenvalue weighted by molar-refractivity contribution is 0.151. The summed E-state index contributed by atoms with van der Waals surface area (Å²) in [7, 11) is 0. The van der Waals surface area contributed by atoms with Gasteiger partial charge < -0.3 is 10.4 Å². The van der Waals surface area contributed by atoms with Gasteiger partial charge in [0.05, 0.1) is 3.57 Å². The fraction of sp³-hybridized carbons (Fsp3) is 0.600. The van der Waals surface area contributed by atoms with E-state index >= 15 is 0 Å². The second kappa shape index (κ2) is 7.60. The Bertz CT molecular complexity index is 459. The van der Waals surface area contributed by atoms with Gasteiger partial charge in [0, 0.05) is 41.4 Å². The number of hydrogen-bond donors (Lipinski definition) is 2. The molecular weight excluding hydrogens is 478 g/mol. The normalized spacial score (nSPS) is 18.4. The summed E-state index contributed by atoms with van der Waals surface area (Å²) in [6.45, 7) is 8.70. The monoisotopic (exact) mass is 500 g/mol. The summed E-state index contributed by atoms with van der Waals surface area (Å²) in [5.74, 6) is 1.08. The van der Waals surface area contributed by atoms with Crippen LogP contribution in [-0.4, -0.2) is 36.2 Å². The smallest absolute Gasteiger partial charge is 0.133 e. The molecule has 1 aliphatic heterocycles. The molecule has 0 bridgehead atoms. The van der Waals surface area contributed by atoms with E-state index < -0.39 is 0 Å². The molecule has 0 unspecified atom stereocenters. The van der Waals surface area contributed by atoms with E-state index in [1.807, 2.05) is 6.07 Å². The number of piperazine rings is 1. The molecule has 0 aromatic heterocycles. The molecule has 20 heavy (non-hydrogen) atoms. The van der Waals surface area contributed by atoms with E-state index in [4.69, 9.17) is 0 Å². The van der Waals surface area contributed by atoms with Gasteiger partial charge in [-0.3, -0.25) is 4.90 Å². The molecule has 0 radical (unpaired) electrons. The molecule has 2 N–H and O–H groups in total. The summed E-state index contributed by atoms with van der Waals surface area (Å²) in [6, 6.07) is 4.50. The van der Waals surface area contributed by atoms with E-state index in [9.17, 15) is 5.11 Å². The first-order valence-electron chi connectivity index (χ1n) is 7.11.